The predicted molar refractivity (Wildman–Crippen MR) is 177 cm³/mol. The van der Waals surface area contributed by atoms with E-state index in [1.54, 1.807) is 30.3 Å². The van der Waals surface area contributed by atoms with E-state index in [0.717, 1.165) is 34.6 Å². The lowest BCUT2D eigenvalue weighted by Gasteiger charge is -2.39. The van der Waals surface area contributed by atoms with Crippen LogP contribution in [0.3, 0.4) is 0 Å². The molecular weight excluding hydrogens is 598 g/mol. The zero-order valence-electron chi connectivity index (χ0n) is 27.0. The second kappa shape index (κ2) is 12.8. The molecule has 6 rings (SSSR count). The predicted octanol–water partition coefficient (Wildman–Crippen LogP) is 4.17. The van der Waals surface area contributed by atoms with Crippen molar-refractivity contribution in [3.05, 3.63) is 66.7 Å². The van der Waals surface area contributed by atoms with Crippen LogP contribution < -0.4 is 16.0 Å². The molecule has 0 radical (unpaired) electrons. The van der Waals surface area contributed by atoms with Crippen molar-refractivity contribution in [2.75, 3.05) is 35.6 Å². The topological polar surface area (TPSA) is 159 Å². The number of fused-ring (bicyclic) bond motifs is 1. The number of nitrogens with zero attached hydrogens (tertiary/aromatic N) is 7. The van der Waals surface area contributed by atoms with Gasteiger partial charge in [-0.1, -0.05) is 32.0 Å². The first-order chi connectivity index (χ1) is 22.5. The third-order valence-corrected chi connectivity index (χ3v) is 8.95. The molecule has 2 aliphatic heterocycles. The van der Waals surface area contributed by atoms with Crippen LogP contribution in [0.5, 0.6) is 0 Å². The Morgan fingerprint density at radius 1 is 0.979 bits per heavy atom. The molecule has 0 spiro atoms. The maximum atomic E-state index is 13.5. The lowest BCUT2D eigenvalue weighted by atomic mass is 9.92. The number of amides is 5. The second-order valence-electron chi connectivity index (χ2n) is 12.7. The molecule has 5 amide bonds. The van der Waals surface area contributed by atoms with Gasteiger partial charge in [0.15, 0.2) is 5.82 Å². The number of urea groups is 1. The Hall–Kier alpha value is -5.33. The highest BCUT2D eigenvalue weighted by molar-refractivity contribution is 6.23. The van der Waals surface area contributed by atoms with Gasteiger partial charge in [0.05, 0.1) is 0 Å². The molecule has 3 aromatic heterocycles. The highest BCUT2D eigenvalue weighted by atomic mass is 16.2. The smallest absolute Gasteiger partial charge is 0.332 e. The van der Waals surface area contributed by atoms with Crippen LogP contribution in [-0.2, 0) is 14.4 Å². The van der Waals surface area contributed by atoms with Gasteiger partial charge < -0.3 is 20.9 Å². The first kappa shape index (κ1) is 31.6. The molecule has 244 valence electrons. The Morgan fingerprint density at radius 2 is 1.70 bits per heavy atom. The summed E-state index contributed by atoms with van der Waals surface area (Å²) in [5.74, 6) is -1.40. The van der Waals surface area contributed by atoms with Crippen LogP contribution in [0.1, 0.15) is 52.1 Å². The summed E-state index contributed by atoms with van der Waals surface area (Å²) in [6.45, 7) is 8.86. The molecule has 1 unspecified atom stereocenters. The van der Waals surface area contributed by atoms with Gasteiger partial charge in [-0.05, 0) is 62.6 Å². The molecule has 13 heteroatoms. The van der Waals surface area contributed by atoms with E-state index in [0.29, 0.717) is 30.1 Å². The minimum absolute atomic E-state index is 0.0315. The summed E-state index contributed by atoms with van der Waals surface area (Å²) in [5, 5.41) is 7.39. The minimum Gasteiger partial charge on any atom is -0.382 e. The van der Waals surface area contributed by atoms with Crippen molar-refractivity contribution in [1.82, 2.24) is 29.4 Å². The number of nitrogen functional groups attached to an aromatic ring is 1. The fraction of sp³-hybridized carbons (Fsp3) is 0.382. The number of carbonyl (C=O) groups is 4. The number of aromatic nitrogens is 4. The number of likely N-dealkylation sites (tertiary alicyclic amines) is 1. The van der Waals surface area contributed by atoms with Crippen LogP contribution in [0.25, 0.3) is 16.6 Å². The highest BCUT2D eigenvalue weighted by Gasteiger charge is 2.45. The fourth-order valence-electron chi connectivity index (χ4n) is 6.38. The Morgan fingerprint density at radius 3 is 2.34 bits per heavy atom. The van der Waals surface area contributed by atoms with Crippen molar-refractivity contribution in [1.29, 1.82) is 0 Å². The number of imide groups is 1. The Bertz CT molecular complexity index is 1810. The maximum Gasteiger partial charge on any atom is 0.332 e. The van der Waals surface area contributed by atoms with Crippen LogP contribution in [0.15, 0.2) is 61.1 Å². The Kier molecular flexibility index (Phi) is 8.63. The Labute approximate surface area is 272 Å². The number of carbonyl (C=O) groups excluding carboxylic acids is 4. The van der Waals surface area contributed by atoms with Crippen LogP contribution in [0, 0.1) is 11.8 Å². The summed E-state index contributed by atoms with van der Waals surface area (Å²) >= 11 is 0. The average Bonchev–Trinajstić information content (AvgIpc) is 3.46. The molecule has 4 aromatic rings. The van der Waals surface area contributed by atoms with Gasteiger partial charge in [-0.2, -0.15) is 5.10 Å². The number of nitrogens with two attached hydrogens (primary N) is 1. The molecular formula is C34H39N9O4. The van der Waals surface area contributed by atoms with Crippen LogP contribution >= 0.6 is 0 Å². The maximum absolute atomic E-state index is 13.5. The van der Waals surface area contributed by atoms with Gasteiger partial charge in [0.25, 0.3) is 5.91 Å². The molecule has 1 atom stereocenters. The lowest BCUT2D eigenvalue weighted by Crippen LogP contribution is -2.61. The summed E-state index contributed by atoms with van der Waals surface area (Å²) in [4.78, 5) is 65.5. The minimum atomic E-state index is -1.12. The average molecular weight is 638 g/mol. The van der Waals surface area contributed by atoms with Crippen molar-refractivity contribution < 1.29 is 19.2 Å². The van der Waals surface area contributed by atoms with E-state index < -0.39 is 23.8 Å². The number of nitrogens with one attached hydrogen (secondary N) is 1. The van der Waals surface area contributed by atoms with E-state index in [4.69, 9.17) is 5.73 Å². The summed E-state index contributed by atoms with van der Waals surface area (Å²) < 4.78 is 1.85. The molecule has 0 aliphatic carbocycles. The van der Waals surface area contributed by atoms with Gasteiger partial charge in [0.1, 0.15) is 23.6 Å². The molecule has 3 N–H and O–H groups in total. The van der Waals surface area contributed by atoms with Crippen LogP contribution in [-0.4, -0.2) is 78.8 Å². The van der Waals surface area contributed by atoms with E-state index in [-0.39, 0.29) is 36.1 Å². The molecule has 1 aromatic carbocycles. The van der Waals surface area contributed by atoms with Gasteiger partial charge >= 0.3 is 6.03 Å². The van der Waals surface area contributed by atoms with Gasteiger partial charge in [-0.25, -0.2) is 24.2 Å². The SMILES string of the molecule is CC(C)C(=O)N1CCC(c2cc(-c3ccc(NC(=O)C4CN(C(C)C)C(=O)N(c5ccccn5)C4=O)cc3)c3c(N)ncnn23)CC1. The third kappa shape index (κ3) is 6.00. The van der Waals surface area contributed by atoms with Crippen molar-refractivity contribution >= 4 is 46.6 Å². The number of hydrogen-bond donors (Lipinski definition) is 2. The van der Waals surface area contributed by atoms with Crippen molar-refractivity contribution in [3.8, 4) is 11.1 Å². The van der Waals surface area contributed by atoms with E-state index in [2.05, 4.69) is 26.4 Å². The van der Waals surface area contributed by atoms with Crippen molar-refractivity contribution in [3.63, 3.8) is 0 Å². The quantitative estimate of drug-likeness (QED) is 0.286. The highest BCUT2D eigenvalue weighted by Crippen LogP contribution is 2.37. The molecule has 5 heterocycles. The summed E-state index contributed by atoms with van der Waals surface area (Å²) in [6, 6.07) is 13.6. The Balaban J connectivity index is 1.22. The third-order valence-electron chi connectivity index (χ3n) is 8.95. The molecule has 0 bridgehead atoms. The molecule has 13 nitrogen and oxygen atoms in total. The van der Waals surface area contributed by atoms with E-state index in [9.17, 15) is 19.2 Å². The fourth-order valence-corrected chi connectivity index (χ4v) is 6.38. The first-order valence-electron chi connectivity index (χ1n) is 15.9. The standard InChI is InChI=1S/C34H39N9O4/c1-20(2)32(45)40-15-12-23(13-16-40)27-17-25(29-30(35)37-19-38-43(27)29)22-8-10-24(11-9-22)39-31(44)26-18-41(21(3)4)34(47)42(33(26)46)28-7-5-6-14-36-28/h5-11,14,17,19-21,23,26H,12-13,15-16,18H2,1-4H3,(H,39,44)(H2,35,37,38). The van der Waals surface area contributed by atoms with Crippen LogP contribution in [0.4, 0.5) is 22.1 Å². The number of hydrogen-bond acceptors (Lipinski definition) is 8. The van der Waals surface area contributed by atoms with Gasteiger partial charge in [-0.3, -0.25) is 14.4 Å². The number of pyridine rings is 1. The zero-order chi connectivity index (χ0) is 33.4. The van der Waals surface area contributed by atoms with Crippen molar-refractivity contribution in [2.24, 2.45) is 11.8 Å². The van der Waals surface area contributed by atoms with Crippen molar-refractivity contribution in [2.45, 2.75) is 52.5 Å². The largest absolute Gasteiger partial charge is 0.382 e. The number of rotatable bonds is 7. The first-order valence-corrected chi connectivity index (χ1v) is 15.9. The van der Waals surface area contributed by atoms with Gasteiger partial charge in [0, 0.05) is 60.7 Å². The van der Waals surface area contributed by atoms with Crippen LogP contribution in [0.2, 0.25) is 0 Å². The molecule has 2 fully saturated rings. The molecule has 0 saturated carbocycles. The summed E-state index contributed by atoms with van der Waals surface area (Å²) in [5.41, 5.74) is 10.3. The summed E-state index contributed by atoms with van der Waals surface area (Å²) in [6.07, 6.45) is 4.57. The normalized spacial score (nSPS) is 17.7. The van der Waals surface area contributed by atoms with Gasteiger partial charge in [0.2, 0.25) is 11.8 Å². The van der Waals surface area contributed by atoms with E-state index in [1.165, 1.54) is 17.4 Å². The molecule has 2 saturated heterocycles. The summed E-state index contributed by atoms with van der Waals surface area (Å²) in [7, 11) is 0. The molecule has 47 heavy (non-hydrogen) atoms. The van der Waals surface area contributed by atoms with E-state index >= 15 is 0 Å². The number of benzene rings is 1. The van der Waals surface area contributed by atoms with Gasteiger partial charge in [-0.15, -0.1) is 0 Å². The lowest BCUT2D eigenvalue weighted by molar-refractivity contribution is -0.135. The number of anilines is 3. The number of piperidine rings is 1. The monoisotopic (exact) mass is 637 g/mol. The van der Waals surface area contributed by atoms with E-state index in [1.807, 2.05) is 49.2 Å². The molecule has 2 aliphatic rings. The second-order valence-corrected chi connectivity index (χ2v) is 12.7. The zero-order valence-corrected chi connectivity index (χ0v) is 27.0.